The van der Waals surface area contributed by atoms with Gasteiger partial charge in [-0.3, -0.25) is 0 Å². The molecular formula is C15H24N4O. The predicted molar refractivity (Wildman–Crippen MR) is 80.8 cm³/mol. The molecule has 1 aromatic heterocycles. The third-order valence-corrected chi connectivity index (χ3v) is 3.78. The van der Waals surface area contributed by atoms with Crippen LogP contribution in [0.15, 0.2) is 18.3 Å². The number of likely N-dealkylation sites (tertiary alicyclic amines) is 1. The summed E-state index contributed by atoms with van der Waals surface area (Å²) in [5.41, 5.74) is 1.07. The second-order valence-corrected chi connectivity index (χ2v) is 5.74. The van der Waals surface area contributed by atoms with Gasteiger partial charge in [0.25, 0.3) is 0 Å². The number of piperidine rings is 1. The molecule has 0 radical (unpaired) electrons. The first-order valence-electron chi connectivity index (χ1n) is 7.21. The molecule has 0 unspecified atom stereocenters. The van der Waals surface area contributed by atoms with Crippen molar-refractivity contribution in [2.45, 2.75) is 26.3 Å². The van der Waals surface area contributed by atoms with Crippen molar-refractivity contribution in [2.24, 2.45) is 5.92 Å². The molecule has 5 heteroatoms. The second-order valence-electron chi connectivity index (χ2n) is 5.74. The molecule has 2 amide bonds. The summed E-state index contributed by atoms with van der Waals surface area (Å²) >= 11 is 0. The second kappa shape index (κ2) is 6.59. The lowest BCUT2D eigenvalue weighted by Gasteiger charge is -2.30. The van der Waals surface area contributed by atoms with Gasteiger partial charge in [-0.2, -0.15) is 0 Å². The number of nitrogens with one attached hydrogen (secondary N) is 1. The standard InChI is InChI=1S/C15H24N4O/c1-12-5-8-19(9-6-12)15(20)17-11-13-4-7-16-14(10-13)18(2)3/h4,7,10,12H,5-6,8-9,11H2,1-3H3,(H,17,20). The molecule has 110 valence electrons. The summed E-state index contributed by atoms with van der Waals surface area (Å²) < 4.78 is 0. The average molecular weight is 276 g/mol. The summed E-state index contributed by atoms with van der Waals surface area (Å²) in [4.78, 5) is 20.2. The Morgan fingerprint density at radius 3 is 2.80 bits per heavy atom. The molecule has 0 saturated carbocycles. The summed E-state index contributed by atoms with van der Waals surface area (Å²) in [6, 6.07) is 3.98. The molecule has 1 aromatic rings. The molecule has 0 atom stereocenters. The minimum atomic E-state index is 0.0418. The van der Waals surface area contributed by atoms with E-state index in [1.165, 1.54) is 0 Å². The number of nitrogens with zero attached hydrogens (tertiary/aromatic N) is 3. The number of hydrogen-bond donors (Lipinski definition) is 1. The first kappa shape index (κ1) is 14.6. The van der Waals surface area contributed by atoms with Crippen LogP contribution < -0.4 is 10.2 Å². The van der Waals surface area contributed by atoms with E-state index in [-0.39, 0.29) is 6.03 Å². The van der Waals surface area contributed by atoms with Crippen molar-refractivity contribution >= 4 is 11.8 Å². The Morgan fingerprint density at radius 1 is 1.45 bits per heavy atom. The molecule has 1 aliphatic heterocycles. The first-order valence-corrected chi connectivity index (χ1v) is 7.21. The smallest absolute Gasteiger partial charge is 0.317 e. The highest BCUT2D eigenvalue weighted by atomic mass is 16.2. The molecule has 2 rings (SSSR count). The van der Waals surface area contributed by atoms with Crippen LogP contribution in [0.5, 0.6) is 0 Å². The molecule has 1 aliphatic rings. The van der Waals surface area contributed by atoms with Crippen LogP contribution in [0, 0.1) is 5.92 Å². The first-order chi connectivity index (χ1) is 9.56. The highest BCUT2D eigenvalue weighted by Gasteiger charge is 2.19. The lowest BCUT2D eigenvalue weighted by molar-refractivity contribution is 0.173. The Bertz CT molecular complexity index is 453. The number of pyridine rings is 1. The fraction of sp³-hybridized carbons (Fsp3) is 0.600. The number of carbonyl (C=O) groups is 1. The third kappa shape index (κ3) is 3.85. The number of carbonyl (C=O) groups excluding carboxylic acids is 1. The van der Waals surface area contributed by atoms with Gasteiger partial charge in [0, 0.05) is 39.9 Å². The molecule has 1 saturated heterocycles. The molecule has 0 aromatic carbocycles. The molecule has 5 nitrogen and oxygen atoms in total. The van der Waals surface area contributed by atoms with Crippen LogP contribution in [-0.4, -0.2) is 43.1 Å². The minimum absolute atomic E-state index is 0.0418. The molecule has 1 fully saturated rings. The van der Waals surface area contributed by atoms with Crippen molar-refractivity contribution < 1.29 is 4.79 Å². The van der Waals surface area contributed by atoms with E-state index >= 15 is 0 Å². The lowest BCUT2D eigenvalue weighted by atomic mass is 10.00. The highest BCUT2D eigenvalue weighted by molar-refractivity contribution is 5.74. The van der Waals surface area contributed by atoms with E-state index < -0.39 is 0 Å². The predicted octanol–water partition coefficient (Wildman–Crippen LogP) is 2.09. The number of aromatic nitrogens is 1. The molecule has 0 aliphatic carbocycles. The fourth-order valence-electron chi connectivity index (χ4n) is 2.32. The molecule has 20 heavy (non-hydrogen) atoms. The molecule has 0 spiro atoms. The van der Waals surface area contributed by atoms with Crippen LogP contribution in [0.2, 0.25) is 0 Å². The van der Waals surface area contributed by atoms with E-state index in [1.54, 1.807) is 6.20 Å². The monoisotopic (exact) mass is 276 g/mol. The summed E-state index contributed by atoms with van der Waals surface area (Å²) in [5.74, 6) is 1.64. The summed E-state index contributed by atoms with van der Waals surface area (Å²) in [6.07, 6.45) is 3.99. The highest BCUT2D eigenvalue weighted by Crippen LogP contribution is 2.16. The average Bonchev–Trinajstić information content (AvgIpc) is 2.46. The van der Waals surface area contributed by atoms with Gasteiger partial charge < -0.3 is 15.1 Å². The van der Waals surface area contributed by atoms with Gasteiger partial charge in [0.05, 0.1) is 0 Å². The lowest BCUT2D eigenvalue weighted by Crippen LogP contribution is -2.43. The maximum absolute atomic E-state index is 12.1. The van der Waals surface area contributed by atoms with E-state index in [0.29, 0.717) is 6.54 Å². The number of urea groups is 1. The normalized spacial score (nSPS) is 16.1. The van der Waals surface area contributed by atoms with Crippen molar-refractivity contribution in [1.82, 2.24) is 15.2 Å². The van der Waals surface area contributed by atoms with E-state index in [1.807, 2.05) is 36.0 Å². The van der Waals surface area contributed by atoms with Gasteiger partial charge in [-0.05, 0) is 36.5 Å². The van der Waals surface area contributed by atoms with Gasteiger partial charge in [0.15, 0.2) is 0 Å². The molecule has 2 heterocycles. The van der Waals surface area contributed by atoms with Crippen LogP contribution in [0.3, 0.4) is 0 Å². The summed E-state index contributed by atoms with van der Waals surface area (Å²) in [5, 5.41) is 2.99. The van der Waals surface area contributed by atoms with Crippen molar-refractivity contribution in [1.29, 1.82) is 0 Å². The van der Waals surface area contributed by atoms with Crippen molar-refractivity contribution in [2.75, 3.05) is 32.1 Å². The van der Waals surface area contributed by atoms with Gasteiger partial charge in [-0.1, -0.05) is 6.92 Å². The Morgan fingerprint density at radius 2 is 2.15 bits per heavy atom. The zero-order valence-corrected chi connectivity index (χ0v) is 12.6. The van der Waals surface area contributed by atoms with Crippen LogP contribution >= 0.6 is 0 Å². The SMILES string of the molecule is CC1CCN(C(=O)NCc2ccnc(N(C)C)c2)CC1. The van der Waals surface area contributed by atoms with Crippen LogP contribution in [-0.2, 0) is 6.54 Å². The van der Waals surface area contributed by atoms with E-state index in [0.717, 1.165) is 43.2 Å². The van der Waals surface area contributed by atoms with Gasteiger partial charge in [0.1, 0.15) is 5.82 Å². The molecular weight excluding hydrogens is 252 g/mol. The maximum atomic E-state index is 12.1. The van der Waals surface area contributed by atoms with Crippen molar-refractivity contribution in [3.63, 3.8) is 0 Å². The number of hydrogen-bond acceptors (Lipinski definition) is 3. The van der Waals surface area contributed by atoms with E-state index in [4.69, 9.17) is 0 Å². The Balaban J connectivity index is 1.85. The van der Waals surface area contributed by atoms with Gasteiger partial charge in [-0.25, -0.2) is 9.78 Å². The largest absolute Gasteiger partial charge is 0.363 e. The van der Waals surface area contributed by atoms with Crippen LogP contribution in [0.1, 0.15) is 25.3 Å². The van der Waals surface area contributed by atoms with Crippen LogP contribution in [0.4, 0.5) is 10.6 Å². The van der Waals surface area contributed by atoms with E-state index in [2.05, 4.69) is 17.2 Å². The minimum Gasteiger partial charge on any atom is -0.363 e. The number of rotatable bonds is 3. The topological polar surface area (TPSA) is 48.5 Å². The Hall–Kier alpha value is -1.78. The Kier molecular flexibility index (Phi) is 4.82. The number of anilines is 1. The summed E-state index contributed by atoms with van der Waals surface area (Å²) in [6.45, 7) is 4.53. The maximum Gasteiger partial charge on any atom is 0.317 e. The van der Waals surface area contributed by atoms with Crippen molar-refractivity contribution in [3.05, 3.63) is 23.9 Å². The third-order valence-electron chi connectivity index (χ3n) is 3.78. The molecule has 1 N–H and O–H groups in total. The zero-order valence-electron chi connectivity index (χ0n) is 12.6. The van der Waals surface area contributed by atoms with E-state index in [9.17, 15) is 4.79 Å². The van der Waals surface area contributed by atoms with Crippen LogP contribution in [0.25, 0.3) is 0 Å². The zero-order chi connectivity index (χ0) is 14.5. The molecule has 0 bridgehead atoms. The van der Waals surface area contributed by atoms with Gasteiger partial charge in [0.2, 0.25) is 0 Å². The van der Waals surface area contributed by atoms with Gasteiger partial charge >= 0.3 is 6.03 Å². The van der Waals surface area contributed by atoms with Crippen molar-refractivity contribution in [3.8, 4) is 0 Å². The fourth-order valence-corrected chi connectivity index (χ4v) is 2.32. The number of amides is 2. The quantitative estimate of drug-likeness (QED) is 0.919. The Labute approximate surface area is 121 Å². The van der Waals surface area contributed by atoms with Gasteiger partial charge in [-0.15, -0.1) is 0 Å². The summed E-state index contributed by atoms with van der Waals surface area (Å²) in [7, 11) is 3.92.